The fourth-order valence-electron chi connectivity index (χ4n) is 1.71. The molecule has 0 radical (unpaired) electrons. The molecule has 4 heteroatoms. The zero-order chi connectivity index (χ0) is 13.2. The summed E-state index contributed by atoms with van der Waals surface area (Å²) in [7, 11) is 0. The molecule has 1 aromatic rings. The van der Waals surface area contributed by atoms with Crippen molar-refractivity contribution in [1.82, 2.24) is 5.32 Å². The van der Waals surface area contributed by atoms with Gasteiger partial charge < -0.3 is 10.4 Å². The molecule has 0 saturated heterocycles. The summed E-state index contributed by atoms with van der Waals surface area (Å²) in [6, 6.07) is 7.79. The van der Waals surface area contributed by atoms with E-state index in [1.807, 2.05) is 24.3 Å². The van der Waals surface area contributed by atoms with Crippen LogP contribution < -0.4 is 5.32 Å². The second-order valence-electron chi connectivity index (χ2n) is 4.29. The van der Waals surface area contributed by atoms with Gasteiger partial charge >= 0.3 is 0 Å². The van der Waals surface area contributed by atoms with Gasteiger partial charge in [0.05, 0.1) is 6.42 Å². The quantitative estimate of drug-likeness (QED) is 0.725. The summed E-state index contributed by atoms with van der Waals surface area (Å²) < 4.78 is 0.997. The van der Waals surface area contributed by atoms with Crippen molar-refractivity contribution >= 4 is 21.8 Å². The Kier molecular flexibility index (Phi) is 7.69. The highest BCUT2D eigenvalue weighted by Crippen LogP contribution is 2.11. The van der Waals surface area contributed by atoms with Crippen LogP contribution in [0.25, 0.3) is 0 Å². The van der Waals surface area contributed by atoms with Gasteiger partial charge in [0.15, 0.2) is 0 Å². The molecule has 0 spiro atoms. The first-order chi connectivity index (χ1) is 8.72. The smallest absolute Gasteiger partial charge is 0.224 e. The molecule has 3 nitrogen and oxygen atoms in total. The van der Waals surface area contributed by atoms with E-state index in [0.29, 0.717) is 6.42 Å². The average Bonchev–Trinajstić information content (AvgIpc) is 2.33. The molecule has 18 heavy (non-hydrogen) atoms. The van der Waals surface area contributed by atoms with Crippen molar-refractivity contribution in [1.29, 1.82) is 0 Å². The van der Waals surface area contributed by atoms with Gasteiger partial charge in [-0.05, 0) is 30.5 Å². The van der Waals surface area contributed by atoms with Crippen molar-refractivity contribution in [2.45, 2.75) is 32.1 Å². The first-order valence-electron chi connectivity index (χ1n) is 6.34. The molecule has 0 heterocycles. The van der Waals surface area contributed by atoms with Crippen molar-refractivity contribution in [2.24, 2.45) is 0 Å². The predicted molar refractivity (Wildman–Crippen MR) is 76.4 cm³/mol. The summed E-state index contributed by atoms with van der Waals surface area (Å²) in [5.41, 5.74) is 1.02. The summed E-state index contributed by atoms with van der Waals surface area (Å²) in [6.45, 7) is 0.980. The number of nitrogens with one attached hydrogen (secondary N) is 1. The third-order valence-electron chi connectivity index (χ3n) is 2.66. The molecule has 100 valence electrons. The maximum atomic E-state index is 11.6. The van der Waals surface area contributed by atoms with Crippen LogP contribution in [0.3, 0.4) is 0 Å². The lowest BCUT2D eigenvalue weighted by Crippen LogP contribution is -2.26. The molecule has 0 atom stereocenters. The van der Waals surface area contributed by atoms with E-state index < -0.39 is 0 Å². The van der Waals surface area contributed by atoms with Gasteiger partial charge in [-0.3, -0.25) is 4.79 Å². The van der Waals surface area contributed by atoms with Crippen molar-refractivity contribution in [3.8, 4) is 0 Å². The van der Waals surface area contributed by atoms with Crippen LogP contribution >= 0.6 is 15.9 Å². The highest BCUT2D eigenvalue weighted by molar-refractivity contribution is 9.10. The lowest BCUT2D eigenvalue weighted by molar-refractivity contribution is -0.120. The van der Waals surface area contributed by atoms with Crippen LogP contribution in [0.5, 0.6) is 0 Å². The Morgan fingerprint density at radius 3 is 2.72 bits per heavy atom. The minimum Gasteiger partial charge on any atom is -0.396 e. The molecule has 0 unspecified atom stereocenters. The second kappa shape index (κ2) is 9.11. The standard InChI is InChI=1S/C14H20BrNO2/c15-13-7-5-6-12(10-13)11-14(18)16-8-3-1-2-4-9-17/h5-7,10,17H,1-4,8-9,11H2,(H,16,18). The Labute approximate surface area is 117 Å². The van der Waals surface area contributed by atoms with E-state index in [1.54, 1.807) is 0 Å². The van der Waals surface area contributed by atoms with Crippen LogP contribution in [0, 0.1) is 0 Å². The van der Waals surface area contributed by atoms with Crippen molar-refractivity contribution in [2.75, 3.05) is 13.2 Å². The lowest BCUT2D eigenvalue weighted by Gasteiger charge is -2.05. The van der Waals surface area contributed by atoms with Crippen molar-refractivity contribution in [3.05, 3.63) is 34.3 Å². The first-order valence-corrected chi connectivity index (χ1v) is 7.13. The van der Waals surface area contributed by atoms with E-state index in [-0.39, 0.29) is 12.5 Å². The molecule has 0 saturated carbocycles. The van der Waals surface area contributed by atoms with Crippen molar-refractivity contribution in [3.63, 3.8) is 0 Å². The molecule has 0 bridgehead atoms. The number of benzene rings is 1. The number of rotatable bonds is 8. The number of halogens is 1. The normalized spacial score (nSPS) is 10.3. The van der Waals surface area contributed by atoms with Crippen LogP contribution in [0.15, 0.2) is 28.7 Å². The summed E-state index contributed by atoms with van der Waals surface area (Å²) in [5.74, 6) is 0.0651. The largest absolute Gasteiger partial charge is 0.396 e. The zero-order valence-corrected chi connectivity index (χ0v) is 12.1. The molecule has 2 N–H and O–H groups in total. The number of aliphatic hydroxyl groups excluding tert-OH is 1. The molecule has 0 aliphatic carbocycles. The highest BCUT2D eigenvalue weighted by Gasteiger charge is 2.02. The van der Waals surface area contributed by atoms with E-state index in [9.17, 15) is 4.79 Å². The summed E-state index contributed by atoms with van der Waals surface area (Å²) in [6.07, 6.45) is 4.34. The Bertz CT molecular complexity index is 369. The molecule has 1 amide bonds. The number of aliphatic hydroxyl groups is 1. The number of hydrogen-bond acceptors (Lipinski definition) is 2. The number of amides is 1. The van der Waals surface area contributed by atoms with Gasteiger partial charge in [-0.2, -0.15) is 0 Å². The Morgan fingerprint density at radius 2 is 2.00 bits per heavy atom. The monoisotopic (exact) mass is 313 g/mol. The highest BCUT2D eigenvalue weighted by atomic mass is 79.9. The van der Waals surface area contributed by atoms with Gasteiger partial charge in [0.2, 0.25) is 5.91 Å². The Morgan fingerprint density at radius 1 is 1.22 bits per heavy atom. The maximum absolute atomic E-state index is 11.6. The molecule has 0 fully saturated rings. The van der Waals surface area contributed by atoms with Crippen molar-refractivity contribution < 1.29 is 9.90 Å². The van der Waals surface area contributed by atoms with Crippen LogP contribution in [0.4, 0.5) is 0 Å². The predicted octanol–water partition coefficient (Wildman–Crippen LogP) is 2.66. The number of carbonyl (C=O) groups excluding carboxylic acids is 1. The Hall–Kier alpha value is -0.870. The zero-order valence-electron chi connectivity index (χ0n) is 10.5. The molecule has 0 aliphatic rings. The molecule has 0 aliphatic heterocycles. The van der Waals surface area contributed by atoms with E-state index >= 15 is 0 Å². The topological polar surface area (TPSA) is 49.3 Å². The fraction of sp³-hybridized carbons (Fsp3) is 0.500. The van der Waals surface area contributed by atoms with Crippen LogP contribution in [-0.2, 0) is 11.2 Å². The third kappa shape index (κ3) is 6.77. The van der Waals surface area contributed by atoms with Gasteiger partial charge in [0.1, 0.15) is 0 Å². The van der Waals surface area contributed by atoms with E-state index in [4.69, 9.17) is 5.11 Å². The number of unbranched alkanes of at least 4 members (excludes halogenated alkanes) is 3. The summed E-state index contributed by atoms with van der Waals surface area (Å²) in [5, 5.41) is 11.5. The first kappa shape index (κ1) is 15.2. The third-order valence-corrected chi connectivity index (χ3v) is 3.15. The second-order valence-corrected chi connectivity index (χ2v) is 5.21. The van der Waals surface area contributed by atoms with Gasteiger partial charge in [-0.1, -0.05) is 40.9 Å². The SMILES string of the molecule is O=C(Cc1cccc(Br)c1)NCCCCCCO. The van der Waals surface area contributed by atoms with Gasteiger partial charge in [-0.25, -0.2) is 0 Å². The lowest BCUT2D eigenvalue weighted by atomic mass is 10.1. The Balaban J connectivity index is 2.14. The average molecular weight is 314 g/mol. The minimum absolute atomic E-state index is 0.0651. The van der Waals surface area contributed by atoms with Gasteiger partial charge in [-0.15, -0.1) is 0 Å². The summed E-state index contributed by atoms with van der Waals surface area (Å²) >= 11 is 3.39. The van der Waals surface area contributed by atoms with E-state index in [0.717, 1.165) is 42.3 Å². The summed E-state index contributed by atoms with van der Waals surface area (Å²) in [4.78, 5) is 11.6. The molecular formula is C14H20BrNO2. The van der Waals surface area contributed by atoms with E-state index in [2.05, 4.69) is 21.2 Å². The maximum Gasteiger partial charge on any atom is 0.224 e. The van der Waals surface area contributed by atoms with Crippen LogP contribution in [0.2, 0.25) is 0 Å². The minimum atomic E-state index is 0.0651. The van der Waals surface area contributed by atoms with E-state index in [1.165, 1.54) is 0 Å². The van der Waals surface area contributed by atoms with Gasteiger partial charge in [0, 0.05) is 17.6 Å². The molecular weight excluding hydrogens is 294 g/mol. The molecule has 1 rings (SSSR count). The molecule has 1 aromatic carbocycles. The van der Waals surface area contributed by atoms with Gasteiger partial charge in [0.25, 0.3) is 0 Å². The molecule has 0 aromatic heterocycles. The van der Waals surface area contributed by atoms with Crippen LogP contribution in [0.1, 0.15) is 31.2 Å². The number of hydrogen-bond donors (Lipinski definition) is 2. The van der Waals surface area contributed by atoms with Crippen LogP contribution in [-0.4, -0.2) is 24.2 Å². The number of carbonyl (C=O) groups is 1. The fourth-order valence-corrected chi connectivity index (χ4v) is 2.16.